The predicted octanol–water partition coefficient (Wildman–Crippen LogP) is 1.70. The highest BCUT2D eigenvalue weighted by atomic mass is 16.1. The van der Waals surface area contributed by atoms with E-state index < -0.39 is 0 Å². The molecule has 0 bridgehead atoms. The summed E-state index contributed by atoms with van der Waals surface area (Å²) in [5.41, 5.74) is 7.54. The van der Waals surface area contributed by atoms with Crippen molar-refractivity contribution in [2.45, 2.75) is 26.2 Å². The molecule has 1 heterocycles. The van der Waals surface area contributed by atoms with Gasteiger partial charge < -0.3 is 11.1 Å². The summed E-state index contributed by atoms with van der Waals surface area (Å²) in [7, 11) is 0. The van der Waals surface area contributed by atoms with Crippen molar-refractivity contribution in [2.75, 3.05) is 11.9 Å². The lowest BCUT2D eigenvalue weighted by atomic mass is 9.95. The Morgan fingerprint density at radius 1 is 1.59 bits per heavy atom. The molecule has 0 saturated heterocycles. The van der Waals surface area contributed by atoms with Gasteiger partial charge in [-0.1, -0.05) is 6.42 Å². The number of nitrogens with one attached hydrogen (secondary N) is 1. The number of aryl methyl sites for hydroxylation is 1. The second-order valence-electron chi connectivity index (χ2n) is 4.71. The van der Waals surface area contributed by atoms with Crippen molar-refractivity contribution in [3.8, 4) is 0 Å². The van der Waals surface area contributed by atoms with Gasteiger partial charge in [0.1, 0.15) is 0 Å². The van der Waals surface area contributed by atoms with Crippen LogP contribution in [0.4, 0.5) is 5.69 Å². The van der Waals surface area contributed by atoms with E-state index in [1.165, 1.54) is 0 Å². The van der Waals surface area contributed by atoms with Gasteiger partial charge in [0.15, 0.2) is 0 Å². The van der Waals surface area contributed by atoms with Crippen LogP contribution >= 0.6 is 0 Å². The highest BCUT2D eigenvalue weighted by molar-refractivity contribution is 5.93. The molecule has 1 aromatic rings. The van der Waals surface area contributed by atoms with Crippen molar-refractivity contribution in [3.05, 3.63) is 24.0 Å². The van der Waals surface area contributed by atoms with Crippen LogP contribution in [0.5, 0.6) is 0 Å². The first-order valence-electron chi connectivity index (χ1n) is 6.14. The summed E-state index contributed by atoms with van der Waals surface area (Å²) in [6.45, 7) is 2.55. The van der Waals surface area contributed by atoms with Crippen LogP contribution in [0.2, 0.25) is 0 Å². The largest absolute Gasteiger partial charge is 0.330 e. The summed E-state index contributed by atoms with van der Waals surface area (Å²) in [6, 6.07) is 1.83. The number of aromatic nitrogens is 1. The summed E-state index contributed by atoms with van der Waals surface area (Å²) in [4.78, 5) is 16.2. The van der Waals surface area contributed by atoms with E-state index in [9.17, 15) is 4.79 Å². The Morgan fingerprint density at radius 2 is 2.41 bits per heavy atom. The van der Waals surface area contributed by atoms with Gasteiger partial charge in [0.2, 0.25) is 5.91 Å². The van der Waals surface area contributed by atoms with Crippen molar-refractivity contribution in [1.29, 1.82) is 0 Å². The van der Waals surface area contributed by atoms with Gasteiger partial charge in [-0.05, 0) is 43.9 Å². The fraction of sp³-hybridized carbons (Fsp3) is 0.538. The summed E-state index contributed by atoms with van der Waals surface area (Å²) < 4.78 is 0. The molecular weight excluding hydrogens is 214 g/mol. The van der Waals surface area contributed by atoms with Gasteiger partial charge >= 0.3 is 0 Å². The van der Waals surface area contributed by atoms with Crippen molar-refractivity contribution >= 4 is 11.6 Å². The third-order valence-corrected chi connectivity index (χ3v) is 3.58. The van der Waals surface area contributed by atoms with Crippen molar-refractivity contribution in [2.24, 2.45) is 17.6 Å². The van der Waals surface area contributed by atoms with Crippen molar-refractivity contribution in [1.82, 2.24) is 4.98 Å². The number of hydrogen-bond donors (Lipinski definition) is 2. The zero-order valence-electron chi connectivity index (χ0n) is 10.1. The quantitative estimate of drug-likeness (QED) is 0.835. The molecule has 1 aromatic heterocycles. The molecule has 1 saturated carbocycles. The lowest BCUT2D eigenvalue weighted by Gasteiger charge is -2.18. The molecule has 0 spiro atoms. The molecule has 0 aromatic carbocycles. The first kappa shape index (κ1) is 12.0. The molecule has 1 amide bonds. The molecule has 17 heavy (non-hydrogen) atoms. The molecule has 2 rings (SSSR count). The zero-order valence-corrected chi connectivity index (χ0v) is 10.1. The Labute approximate surface area is 102 Å². The van der Waals surface area contributed by atoms with Gasteiger partial charge in [-0.25, -0.2) is 0 Å². The van der Waals surface area contributed by atoms with Crippen LogP contribution in [0.1, 0.15) is 24.8 Å². The van der Waals surface area contributed by atoms with Crippen LogP contribution in [-0.4, -0.2) is 17.4 Å². The second kappa shape index (κ2) is 5.27. The Morgan fingerprint density at radius 3 is 3.12 bits per heavy atom. The lowest BCUT2D eigenvalue weighted by molar-refractivity contribution is -0.120. The standard InChI is InChI=1S/C13H19N3O/c1-9-8-15-6-5-12(9)16-13(17)11-4-2-3-10(11)7-14/h5-6,8,10-11H,2-4,7,14H2,1H3,(H,15,16,17)/t10-,11-/m1/s1. The number of nitrogens with zero attached hydrogens (tertiary/aromatic N) is 1. The molecule has 1 aliphatic rings. The Hall–Kier alpha value is -1.42. The third-order valence-electron chi connectivity index (χ3n) is 3.58. The average molecular weight is 233 g/mol. The summed E-state index contributed by atoms with van der Waals surface area (Å²) >= 11 is 0. The number of anilines is 1. The van der Waals surface area contributed by atoms with Crippen molar-refractivity contribution in [3.63, 3.8) is 0 Å². The molecule has 92 valence electrons. The molecule has 0 aliphatic heterocycles. The Bertz CT molecular complexity index is 405. The lowest BCUT2D eigenvalue weighted by Crippen LogP contribution is -2.29. The monoisotopic (exact) mass is 233 g/mol. The van der Waals surface area contributed by atoms with Gasteiger partial charge in [-0.2, -0.15) is 0 Å². The number of nitrogens with two attached hydrogens (primary N) is 1. The first-order valence-corrected chi connectivity index (χ1v) is 6.14. The smallest absolute Gasteiger partial charge is 0.227 e. The molecule has 3 N–H and O–H groups in total. The molecule has 4 heteroatoms. The Balaban J connectivity index is 2.04. The van der Waals surface area contributed by atoms with E-state index in [1.54, 1.807) is 12.4 Å². The topological polar surface area (TPSA) is 68.0 Å². The highest BCUT2D eigenvalue weighted by Gasteiger charge is 2.31. The van der Waals surface area contributed by atoms with E-state index >= 15 is 0 Å². The minimum absolute atomic E-state index is 0.0764. The average Bonchev–Trinajstić information content (AvgIpc) is 2.80. The molecule has 1 fully saturated rings. The first-order chi connectivity index (χ1) is 8.22. The third kappa shape index (κ3) is 2.64. The maximum atomic E-state index is 12.1. The van der Waals surface area contributed by atoms with Crippen LogP contribution in [0.15, 0.2) is 18.5 Å². The normalized spacial score (nSPS) is 23.6. The van der Waals surface area contributed by atoms with Crippen LogP contribution in [-0.2, 0) is 4.79 Å². The molecule has 4 nitrogen and oxygen atoms in total. The van der Waals surface area contributed by atoms with E-state index in [2.05, 4.69) is 10.3 Å². The van der Waals surface area contributed by atoms with E-state index in [0.29, 0.717) is 12.5 Å². The minimum Gasteiger partial charge on any atom is -0.330 e. The molecule has 0 unspecified atom stereocenters. The number of rotatable bonds is 3. The van der Waals surface area contributed by atoms with E-state index in [0.717, 1.165) is 30.5 Å². The summed E-state index contributed by atoms with van der Waals surface area (Å²) in [5, 5.41) is 2.98. The zero-order chi connectivity index (χ0) is 12.3. The maximum absolute atomic E-state index is 12.1. The predicted molar refractivity (Wildman–Crippen MR) is 67.5 cm³/mol. The summed E-state index contributed by atoms with van der Waals surface area (Å²) in [6.07, 6.45) is 6.58. The molecule has 2 atom stereocenters. The fourth-order valence-electron chi connectivity index (χ4n) is 2.50. The molecule has 1 aliphatic carbocycles. The van der Waals surface area contributed by atoms with E-state index in [1.807, 2.05) is 13.0 Å². The van der Waals surface area contributed by atoms with Crippen molar-refractivity contribution < 1.29 is 4.79 Å². The second-order valence-corrected chi connectivity index (χ2v) is 4.71. The summed E-state index contributed by atoms with van der Waals surface area (Å²) in [5.74, 6) is 0.525. The van der Waals surface area contributed by atoms with Crippen LogP contribution in [0, 0.1) is 18.8 Å². The molecular formula is C13H19N3O. The number of pyridine rings is 1. The number of amides is 1. The minimum atomic E-state index is 0.0764. The van der Waals surface area contributed by atoms with E-state index in [-0.39, 0.29) is 11.8 Å². The van der Waals surface area contributed by atoms with Gasteiger partial charge in [0.05, 0.1) is 0 Å². The number of carbonyl (C=O) groups is 1. The van der Waals surface area contributed by atoms with Gasteiger partial charge in [0, 0.05) is 24.0 Å². The van der Waals surface area contributed by atoms with Crippen LogP contribution in [0.3, 0.4) is 0 Å². The van der Waals surface area contributed by atoms with Gasteiger partial charge in [-0.3, -0.25) is 9.78 Å². The van der Waals surface area contributed by atoms with Gasteiger partial charge in [-0.15, -0.1) is 0 Å². The van der Waals surface area contributed by atoms with E-state index in [4.69, 9.17) is 5.73 Å². The Kier molecular flexibility index (Phi) is 3.74. The highest BCUT2D eigenvalue weighted by Crippen LogP contribution is 2.32. The maximum Gasteiger partial charge on any atom is 0.227 e. The number of hydrogen-bond acceptors (Lipinski definition) is 3. The van der Waals surface area contributed by atoms with Crippen LogP contribution < -0.4 is 11.1 Å². The number of carbonyl (C=O) groups excluding carboxylic acids is 1. The van der Waals surface area contributed by atoms with Gasteiger partial charge in [0.25, 0.3) is 0 Å². The fourth-order valence-corrected chi connectivity index (χ4v) is 2.50. The van der Waals surface area contributed by atoms with Crippen LogP contribution in [0.25, 0.3) is 0 Å². The molecule has 0 radical (unpaired) electrons. The SMILES string of the molecule is Cc1cnccc1NC(=O)[C@@H]1CCC[C@@H]1CN.